The Hall–Kier alpha value is -1.04. The molecule has 3 N–H and O–H groups in total. The van der Waals surface area contributed by atoms with E-state index in [4.69, 9.17) is 10.6 Å². The molecule has 5 heteroatoms. The Morgan fingerprint density at radius 3 is 2.79 bits per heavy atom. The van der Waals surface area contributed by atoms with Gasteiger partial charge in [-0.25, -0.2) is 0 Å². The largest absolute Gasteiger partial charge is 0.383 e. The number of hydrazine groups is 1. The SMILES string of the molecule is COCC(NN)c1cc(C)nnc1C. The molecule has 1 heterocycles. The first-order chi connectivity index (χ1) is 6.69. The van der Waals surface area contributed by atoms with Crippen LogP contribution in [0.1, 0.15) is 23.0 Å². The maximum atomic E-state index is 5.43. The Morgan fingerprint density at radius 1 is 1.50 bits per heavy atom. The highest BCUT2D eigenvalue weighted by molar-refractivity contribution is 5.23. The predicted octanol–water partition coefficient (Wildman–Crippen LogP) is 0.244. The van der Waals surface area contributed by atoms with Gasteiger partial charge in [-0.3, -0.25) is 11.3 Å². The number of nitrogens with two attached hydrogens (primary N) is 1. The molecule has 78 valence electrons. The van der Waals surface area contributed by atoms with Crippen LogP contribution >= 0.6 is 0 Å². The second-order valence-corrected chi connectivity index (χ2v) is 3.20. The van der Waals surface area contributed by atoms with E-state index >= 15 is 0 Å². The Balaban J connectivity index is 2.96. The summed E-state index contributed by atoms with van der Waals surface area (Å²) in [6.45, 7) is 4.32. The summed E-state index contributed by atoms with van der Waals surface area (Å²) in [6.07, 6.45) is 0. The van der Waals surface area contributed by atoms with Gasteiger partial charge in [0.1, 0.15) is 0 Å². The van der Waals surface area contributed by atoms with Crippen molar-refractivity contribution in [3.05, 3.63) is 23.0 Å². The molecule has 5 nitrogen and oxygen atoms in total. The van der Waals surface area contributed by atoms with Crippen LogP contribution in [0.2, 0.25) is 0 Å². The van der Waals surface area contributed by atoms with Gasteiger partial charge in [0.15, 0.2) is 0 Å². The minimum absolute atomic E-state index is 0.0331. The summed E-state index contributed by atoms with van der Waals surface area (Å²) in [5.41, 5.74) is 5.47. The molecule has 0 aliphatic heterocycles. The van der Waals surface area contributed by atoms with E-state index in [9.17, 15) is 0 Å². The molecule has 0 fully saturated rings. The Bertz CT molecular complexity index is 303. The van der Waals surface area contributed by atoms with Crippen LogP contribution in [0.25, 0.3) is 0 Å². The lowest BCUT2D eigenvalue weighted by Gasteiger charge is -2.16. The molecule has 0 saturated heterocycles. The number of nitrogens with zero attached hydrogens (tertiary/aromatic N) is 2. The van der Waals surface area contributed by atoms with Gasteiger partial charge < -0.3 is 4.74 Å². The summed E-state index contributed by atoms with van der Waals surface area (Å²) in [5.74, 6) is 5.43. The van der Waals surface area contributed by atoms with E-state index < -0.39 is 0 Å². The monoisotopic (exact) mass is 196 g/mol. The van der Waals surface area contributed by atoms with Crippen molar-refractivity contribution >= 4 is 0 Å². The van der Waals surface area contributed by atoms with E-state index in [1.165, 1.54) is 0 Å². The van der Waals surface area contributed by atoms with Crippen molar-refractivity contribution in [1.29, 1.82) is 0 Å². The third-order valence-corrected chi connectivity index (χ3v) is 2.05. The van der Waals surface area contributed by atoms with Gasteiger partial charge in [-0.1, -0.05) is 0 Å². The number of ether oxygens (including phenoxy) is 1. The number of methoxy groups -OCH3 is 1. The van der Waals surface area contributed by atoms with E-state index in [0.717, 1.165) is 17.0 Å². The topological polar surface area (TPSA) is 73.1 Å². The fourth-order valence-electron chi connectivity index (χ4n) is 1.32. The van der Waals surface area contributed by atoms with Gasteiger partial charge in [0, 0.05) is 7.11 Å². The van der Waals surface area contributed by atoms with Crippen molar-refractivity contribution in [2.24, 2.45) is 5.84 Å². The molecule has 1 atom stereocenters. The first-order valence-electron chi connectivity index (χ1n) is 4.45. The van der Waals surface area contributed by atoms with Crippen molar-refractivity contribution in [3.63, 3.8) is 0 Å². The van der Waals surface area contributed by atoms with Crippen LogP contribution in [0.15, 0.2) is 6.07 Å². The minimum atomic E-state index is -0.0331. The fraction of sp³-hybridized carbons (Fsp3) is 0.556. The van der Waals surface area contributed by atoms with Crippen molar-refractivity contribution in [2.45, 2.75) is 19.9 Å². The molecule has 0 aromatic carbocycles. The minimum Gasteiger partial charge on any atom is -0.383 e. The summed E-state index contributed by atoms with van der Waals surface area (Å²) < 4.78 is 5.05. The zero-order valence-corrected chi connectivity index (χ0v) is 8.74. The standard InChI is InChI=1S/C9H16N4O/c1-6-4-8(7(2)13-12-6)9(11-10)5-14-3/h4,9,11H,5,10H2,1-3H3. The van der Waals surface area contributed by atoms with Crippen LogP contribution in [0.3, 0.4) is 0 Å². The Labute approximate surface area is 83.6 Å². The van der Waals surface area contributed by atoms with Gasteiger partial charge >= 0.3 is 0 Å². The molecule has 1 unspecified atom stereocenters. The molecule has 0 aliphatic carbocycles. The molecule has 0 spiro atoms. The number of hydrogen-bond donors (Lipinski definition) is 2. The van der Waals surface area contributed by atoms with Crippen LogP contribution in [-0.2, 0) is 4.74 Å². The fourth-order valence-corrected chi connectivity index (χ4v) is 1.32. The van der Waals surface area contributed by atoms with E-state index in [0.29, 0.717) is 6.61 Å². The molecule has 0 bridgehead atoms. The molecule has 0 aliphatic rings. The molecular formula is C9H16N4O. The third kappa shape index (κ3) is 2.47. The van der Waals surface area contributed by atoms with Gasteiger partial charge in [-0.15, -0.1) is 0 Å². The molecule has 0 amide bonds. The second kappa shape index (κ2) is 4.99. The first kappa shape index (κ1) is 11.0. The van der Waals surface area contributed by atoms with Gasteiger partial charge in [-0.2, -0.15) is 10.2 Å². The molecule has 0 radical (unpaired) electrons. The lowest BCUT2D eigenvalue weighted by Crippen LogP contribution is -2.32. The van der Waals surface area contributed by atoms with E-state index in [2.05, 4.69) is 15.6 Å². The maximum absolute atomic E-state index is 5.43. The summed E-state index contributed by atoms with van der Waals surface area (Å²) >= 11 is 0. The highest BCUT2D eigenvalue weighted by atomic mass is 16.5. The molecular weight excluding hydrogens is 180 g/mol. The normalized spacial score (nSPS) is 12.9. The Morgan fingerprint density at radius 2 is 2.21 bits per heavy atom. The second-order valence-electron chi connectivity index (χ2n) is 3.20. The zero-order chi connectivity index (χ0) is 10.6. The quantitative estimate of drug-likeness (QED) is 0.533. The Kier molecular flexibility index (Phi) is 3.94. The summed E-state index contributed by atoms with van der Waals surface area (Å²) in [6, 6.07) is 1.93. The number of nitrogens with one attached hydrogen (secondary N) is 1. The highest BCUT2D eigenvalue weighted by Crippen LogP contribution is 2.15. The van der Waals surface area contributed by atoms with Crippen LogP contribution in [0, 0.1) is 13.8 Å². The van der Waals surface area contributed by atoms with Crippen LogP contribution < -0.4 is 11.3 Å². The maximum Gasteiger partial charge on any atom is 0.0712 e. The smallest absolute Gasteiger partial charge is 0.0712 e. The van der Waals surface area contributed by atoms with Crippen LogP contribution in [-0.4, -0.2) is 23.9 Å². The molecule has 1 rings (SSSR count). The average molecular weight is 196 g/mol. The van der Waals surface area contributed by atoms with Crippen LogP contribution in [0.5, 0.6) is 0 Å². The first-order valence-corrected chi connectivity index (χ1v) is 4.45. The molecule has 1 aromatic rings. The van der Waals surface area contributed by atoms with E-state index in [-0.39, 0.29) is 6.04 Å². The summed E-state index contributed by atoms with van der Waals surface area (Å²) in [4.78, 5) is 0. The highest BCUT2D eigenvalue weighted by Gasteiger charge is 2.13. The summed E-state index contributed by atoms with van der Waals surface area (Å²) in [7, 11) is 1.64. The van der Waals surface area contributed by atoms with E-state index in [1.807, 2.05) is 19.9 Å². The van der Waals surface area contributed by atoms with Crippen LogP contribution in [0.4, 0.5) is 0 Å². The van der Waals surface area contributed by atoms with Crippen molar-refractivity contribution < 1.29 is 4.74 Å². The van der Waals surface area contributed by atoms with Crippen molar-refractivity contribution in [3.8, 4) is 0 Å². The van der Waals surface area contributed by atoms with E-state index in [1.54, 1.807) is 7.11 Å². The van der Waals surface area contributed by atoms with Crippen molar-refractivity contribution in [2.75, 3.05) is 13.7 Å². The van der Waals surface area contributed by atoms with Gasteiger partial charge in [0.2, 0.25) is 0 Å². The van der Waals surface area contributed by atoms with Gasteiger partial charge in [0.05, 0.1) is 24.0 Å². The lowest BCUT2D eigenvalue weighted by molar-refractivity contribution is 0.167. The van der Waals surface area contributed by atoms with Gasteiger partial charge in [0.25, 0.3) is 0 Å². The zero-order valence-electron chi connectivity index (χ0n) is 8.74. The number of aryl methyl sites for hydroxylation is 2. The summed E-state index contributed by atoms with van der Waals surface area (Å²) in [5, 5.41) is 7.99. The van der Waals surface area contributed by atoms with Crippen molar-refractivity contribution in [1.82, 2.24) is 15.6 Å². The van der Waals surface area contributed by atoms with Gasteiger partial charge in [-0.05, 0) is 25.5 Å². The number of rotatable bonds is 4. The lowest BCUT2D eigenvalue weighted by atomic mass is 10.1. The number of aromatic nitrogens is 2. The molecule has 14 heavy (non-hydrogen) atoms. The molecule has 1 aromatic heterocycles. The third-order valence-electron chi connectivity index (χ3n) is 2.05. The number of hydrogen-bond acceptors (Lipinski definition) is 5. The molecule has 0 saturated carbocycles. The predicted molar refractivity (Wildman–Crippen MR) is 53.4 cm³/mol. The average Bonchev–Trinajstić information content (AvgIpc) is 2.18.